The van der Waals surface area contributed by atoms with Gasteiger partial charge in [0, 0.05) is 24.4 Å². The maximum atomic E-state index is 13.4. The van der Waals surface area contributed by atoms with Crippen LogP contribution >= 0.6 is 0 Å². The quantitative estimate of drug-likeness (QED) is 0.306. The topological polar surface area (TPSA) is 122 Å². The molecule has 0 unspecified atom stereocenters. The van der Waals surface area contributed by atoms with Crippen LogP contribution < -0.4 is 9.47 Å². The molecule has 4 aromatic rings. The molecule has 0 aliphatic rings. The summed E-state index contributed by atoms with van der Waals surface area (Å²) in [5.74, 6) is 0.681. The summed E-state index contributed by atoms with van der Waals surface area (Å²) >= 11 is 0. The fraction of sp³-hybridized carbons (Fsp3) is 0.320. The molecule has 0 N–H and O–H groups in total. The predicted molar refractivity (Wildman–Crippen MR) is 135 cm³/mol. The van der Waals surface area contributed by atoms with Gasteiger partial charge in [0.05, 0.1) is 31.9 Å². The van der Waals surface area contributed by atoms with Gasteiger partial charge in [-0.15, -0.1) is 10.2 Å². The highest BCUT2D eigenvalue weighted by Crippen LogP contribution is 2.36. The van der Waals surface area contributed by atoms with E-state index in [-0.39, 0.29) is 18.1 Å². The van der Waals surface area contributed by atoms with Gasteiger partial charge in [-0.3, -0.25) is 9.55 Å². The lowest BCUT2D eigenvalue weighted by Gasteiger charge is -2.18. The Kier molecular flexibility index (Phi) is 7.77. The van der Waals surface area contributed by atoms with Gasteiger partial charge >= 0.3 is 0 Å². The van der Waals surface area contributed by atoms with Gasteiger partial charge in [-0.1, -0.05) is 13.0 Å². The third-order valence-corrected chi connectivity index (χ3v) is 7.96. The Bertz CT molecular complexity index is 1470. The number of para-hydroxylation sites is 1. The Labute approximate surface area is 214 Å². The third-order valence-electron chi connectivity index (χ3n) is 5.90. The monoisotopic (exact) mass is 526 g/mol. The third kappa shape index (κ3) is 5.58. The molecular weight excluding hydrogens is 499 g/mol. The molecule has 194 valence electrons. The van der Waals surface area contributed by atoms with E-state index < -0.39 is 26.7 Å². The van der Waals surface area contributed by atoms with E-state index in [0.29, 0.717) is 28.6 Å². The first-order valence-electron chi connectivity index (χ1n) is 11.5. The van der Waals surface area contributed by atoms with Gasteiger partial charge < -0.3 is 9.47 Å². The molecule has 10 nitrogen and oxygen atoms in total. The van der Waals surface area contributed by atoms with Crippen LogP contribution in [0.25, 0.3) is 17.1 Å². The zero-order valence-electron chi connectivity index (χ0n) is 20.9. The average molecular weight is 527 g/mol. The zero-order chi connectivity index (χ0) is 26.6. The van der Waals surface area contributed by atoms with Crippen LogP contribution in [-0.4, -0.2) is 57.6 Å². The molecule has 0 amide bonds. The molecule has 37 heavy (non-hydrogen) atoms. The van der Waals surface area contributed by atoms with E-state index in [1.807, 2.05) is 13.0 Å². The maximum Gasteiger partial charge on any atom is 0.170 e. The number of hydrogen-bond acceptors (Lipinski definition) is 9. The zero-order valence-corrected chi connectivity index (χ0v) is 21.7. The highest BCUT2D eigenvalue weighted by atomic mass is 32.2. The molecule has 3 heterocycles. The first kappa shape index (κ1) is 26.1. The van der Waals surface area contributed by atoms with Crippen molar-refractivity contribution >= 4 is 9.84 Å². The first-order chi connectivity index (χ1) is 17.8. The van der Waals surface area contributed by atoms with E-state index in [1.165, 1.54) is 14.2 Å². The minimum atomic E-state index is -3.77. The molecule has 0 aliphatic heterocycles. The largest absolute Gasteiger partial charge is 0.494 e. The average Bonchev–Trinajstić information content (AvgIpc) is 3.31. The lowest BCUT2D eigenvalue weighted by Crippen LogP contribution is -2.24. The molecule has 1 aromatic carbocycles. The van der Waals surface area contributed by atoms with Crippen molar-refractivity contribution in [2.24, 2.45) is 0 Å². The van der Waals surface area contributed by atoms with Crippen LogP contribution in [-0.2, 0) is 28.4 Å². The number of ether oxygens (including phenoxy) is 2. The highest BCUT2D eigenvalue weighted by molar-refractivity contribution is 7.91. The summed E-state index contributed by atoms with van der Waals surface area (Å²) in [5.41, 5.74) is 2.12. The van der Waals surface area contributed by atoms with E-state index in [0.717, 1.165) is 24.4 Å². The normalized spacial score (nSPS) is 12.4. The van der Waals surface area contributed by atoms with Crippen molar-refractivity contribution in [1.82, 2.24) is 29.7 Å². The summed E-state index contributed by atoms with van der Waals surface area (Å²) in [6, 6.07) is 7.19. The molecule has 12 heteroatoms. The van der Waals surface area contributed by atoms with Crippen LogP contribution in [0.1, 0.15) is 31.1 Å². The standard InChI is InChI=1S/C25H27FN6O4S/c1-5-17-10-18(12-27-11-17)25-31-30-23(32(25)24-20(35-3)7-6-8-21(24)36-4)15-37(33,34)16(2)9-22-28-13-19(26)14-29-22/h6-8,10-14,16H,5,9,15H2,1-4H3/t16-/m1/s1. The Balaban J connectivity index is 1.82. The maximum absolute atomic E-state index is 13.4. The Hall–Kier alpha value is -3.93. The number of aromatic nitrogens is 6. The van der Waals surface area contributed by atoms with Gasteiger partial charge in [0.15, 0.2) is 27.3 Å². The number of nitrogens with zero attached hydrogens (tertiary/aromatic N) is 6. The molecule has 0 fully saturated rings. The summed E-state index contributed by atoms with van der Waals surface area (Å²) in [5, 5.41) is 7.77. The van der Waals surface area contributed by atoms with Gasteiger partial charge in [-0.2, -0.15) is 0 Å². The van der Waals surface area contributed by atoms with Crippen LogP contribution in [0, 0.1) is 5.82 Å². The molecule has 0 saturated heterocycles. The van der Waals surface area contributed by atoms with Gasteiger partial charge in [-0.25, -0.2) is 22.8 Å². The van der Waals surface area contributed by atoms with Crippen molar-refractivity contribution in [3.05, 3.63) is 72.1 Å². The second-order valence-corrected chi connectivity index (χ2v) is 10.8. The number of benzene rings is 1. The summed E-state index contributed by atoms with van der Waals surface area (Å²) in [7, 11) is -0.734. The van der Waals surface area contributed by atoms with Crippen molar-refractivity contribution in [1.29, 1.82) is 0 Å². The first-order valence-corrected chi connectivity index (χ1v) is 13.3. The number of sulfone groups is 1. The number of hydrogen-bond donors (Lipinski definition) is 0. The molecule has 0 saturated carbocycles. The van der Waals surface area contributed by atoms with Crippen LogP contribution in [0.3, 0.4) is 0 Å². The number of methoxy groups -OCH3 is 2. The molecule has 0 bridgehead atoms. The molecule has 0 aliphatic carbocycles. The number of aryl methyl sites for hydroxylation is 1. The van der Waals surface area contributed by atoms with Crippen LogP contribution in [0.15, 0.2) is 49.1 Å². The summed E-state index contributed by atoms with van der Waals surface area (Å²) < 4.78 is 52.9. The summed E-state index contributed by atoms with van der Waals surface area (Å²) in [6.45, 7) is 3.57. The lowest BCUT2D eigenvalue weighted by molar-refractivity contribution is 0.391. The molecule has 3 aromatic heterocycles. The van der Waals surface area contributed by atoms with Crippen molar-refractivity contribution in [2.45, 2.75) is 37.7 Å². The summed E-state index contributed by atoms with van der Waals surface area (Å²) in [4.78, 5) is 12.1. The Morgan fingerprint density at radius 2 is 1.70 bits per heavy atom. The number of pyridine rings is 1. The second-order valence-electron chi connectivity index (χ2n) is 8.36. The van der Waals surface area contributed by atoms with E-state index in [1.54, 1.807) is 42.1 Å². The van der Waals surface area contributed by atoms with Crippen molar-refractivity contribution < 1.29 is 22.3 Å². The number of halogens is 1. The molecular formula is C25H27FN6O4S. The molecule has 0 spiro atoms. The highest BCUT2D eigenvalue weighted by Gasteiger charge is 2.29. The van der Waals surface area contributed by atoms with Crippen molar-refractivity contribution in [3.8, 4) is 28.6 Å². The molecule has 4 rings (SSSR count). The summed E-state index contributed by atoms with van der Waals surface area (Å²) in [6.07, 6.45) is 6.21. The smallest absolute Gasteiger partial charge is 0.170 e. The van der Waals surface area contributed by atoms with Crippen LogP contribution in [0.2, 0.25) is 0 Å². The second kappa shape index (κ2) is 11.0. The van der Waals surface area contributed by atoms with Crippen LogP contribution in [0.4, 0.5) is 4.39 Å². The van der Waals surface area contributed by atoms with E-state index >= 15 is 0 Å². The van der Waals surface area contributed by atoms with Gasteiger partial charge in [-0.05, 0) is 37.1 Å². The van der Waals surface area contributed by atoms with Gasteiger partial charge in [0.2, 0.25) is 0 Å². The lowest BCUT2D eigenvalue weighted by atomic mass is 10.1. The Morgan fingerprint density at radius 3 is 2.32 bits per heavy atom. The molecule has 1 atom stereocenters. The fourth-order valence-corrected chi connectivity index (χ4v) is 5.07. The van der Waals surface area contributed by atoms with Crippen molar-refractivity contribution in [2.75, 3.05) is 14.2 Å². The van der Waals surface area contributed by atoms with Crippen LogP contribution in [0.5, 0.6) is 11.5 Å². The van der Waals surface area contributed by atoms with E-state index in [9.17, 15) is 12.8 Å². The van der Waals surface area contributed by atoms with E-state index in [2.05, 4.69) is 25.1 Å². The minimum absolute atomic E-state index is 0.0179. The van der Waals surface area contributed by atoms with Gasteiger partial charge in [0.25, 0.3) is 0 Å². The Morgan fingerprint density at radius 1 is 1.03 bits per heavy atom. The predicted octanol–water partition coefficient (Wildman–Crippen LogP) is 3.38. The number of rotatable bonds is 10. The van der Waals surface area contributed by atoms with Gasteiger partial charge in [0.1, 0.15) is 28.8 Å². The molecule has 0 radical (unpaired) electrons. The fourth-order valence-electron chi connectivity index (χ4n) is 3.84. The SMILES string of the molecule is CCc1cncc(-c2nnc(CS(=O)(=O)[C@H](C)Cc3ncc(F)cn3)n2-c2c(OC)cccc2OC)c1. The minimum Gasteiger partial charge on any atom is -0.494 e. The van der Waals surface area contributed by atoms with Crippen molar-refractivity contribution in [3.63, 3.8) is 0 Å². The van der Waals surface area contributed by atoms with E-state index in [4.69, 9.17) is 9.47 Å².